The Balaban J connectivity index is 1.27. The molecule has 3 nitrogen and oxygen atoms in total. The highest BCUT2D eigenvalue weighted by Crippen LogP contribution is 2.31. The number of allylic oxidation sites excluding steroid dienone is 1. The van der Waals surface area contributed by atoms with Crippen LogP contribution in [-0.4, -0.2) is 53.5 Å². The third kappa shape index (κ3) is 4.64. The van der Waals surface area contributed by atoms with Crippen molar-refractivity contribution < 1.29 is 0 Å². The third-order valence-electron chi connectivity index (χ3n) is 6.51. The number of fused-ring (bicyclic) bond motifs is 1. The Morgan fingerprint density at radius 2 is 1.89 bits per heavy atom. The smallest absolute Gasteiger partial charge is 0.0458 e. The Kier molecular flexibility index (Phi) is 6.31. The minimum absolute atomic E-state index is 0.750. The number of hydrogen-bond donors (Lipinski definition) is 1. The molecule has 0 radical (unpaired) electrons. The van der Waals surface area contributed by atoms with Crippen LogP contribution in [0.5, 0.6) is 0 Å². The summed E-state index contributed by atoms with van der Waals surface area (Å²) in [7, 11) is 0. The minimum Gasteiger partial charge on any atom is -0.355 e. The lowest BCUT2D eigenvalue weighted by Crippen LogP contribution is -2.50. The average molecular weight is 366 g/mol. The molecule has 1 N–H and O–H groups in total. The van der Waals surface area contributed by atoms with Crippen LogP contribution in [0, 0.1) is 0 Å². The third-order valence-corrected chi connectivity index (χ3v) is 6.51. The molecule has 2 heterocycles. The minimum atomic E-state index is 0.750. The van der Waals surface area contributed by atoms with Gasteiger partial charge in [0.05, 0.1) is 0 Å². The van der Waals surface area contributed by atoms with E-state index in [-0.39, 0.29) is 0 Å². The van der Waals surface area contributed by atoms with Gasteiger partial charge in [0.2, 0.25) is 0 Å². The van der Waals surface area contributed by atoms with Gasteiger partial charge in [-0.25, -0.2) is 0 Å². The largest absolute Gasteiger partial charge is 0.355 e. The van der Waals surface area contributed by atoms with Gasteiger partial charge < -0.3 is 9.88 Å². The van der Waals surface area contributed by atoms with E-state index in [0.29, 0.717) is 0 Å². The van der Waals surface area contributed by atoms with E-state index in [1.807, 2.05) is 0 Å². The van der Waals surface area contributed by atoms with E-state index < -0.39 is 0 Å². The second-order valence-electron chi connectivity index (χ2n) is 8.37. The SMILES string of the molecule is CCCCCCN1CCN(C2CC=C(c3cc4ccccc4[nH]3)CC2)CC1. The number of aromatic nitrogens is 1. The first-order valence-corrected chi connectivity index (χ1v) is 11.1. The molecule has 146 valence electrons. The van der Waals surface area contributed by atoms with Gasteiger partial charge in [-0.3, -0.25) is 4.90 Å². The van der Waals surface area contributed by atoms with Crippen LogP contribution in [-0.2, 0) is 0 Å². The van der Waals surface area contributed by atoms with E-state index in [2.05, 4.69) is 58.1 Å². The van der Waals surface area contributed by atoms with E-state index in [4.69, 9.17) is 0 Å². The van der Waals surface area contributed by atoms with Gasteiger partial charge in [0.15, 0.2) is 0 Å². The maximum atomic E-state index is 3.61. The lowest BCUT2D eigenvalue weighted by Gasteiger charge is -2.40. The average Bonchev–Trinajstić information content (AvgIpc) is 3.16. The van der Waals surface area contributed by atoms with Crippen LogP contribution in [0.2, 0.25) is 0 Å². The second kappa shape index (κ2) is 9.07. The molecule has 1 fully saturated rings. The molecule has 1 aromatic carbocycles. The summed E-state index contributed by atoms with van der Waals surface area (Å²) in [5.74, 6) is 0. The van der Waals surface area contributed by atoms with Crippen molar-refractivity contribution in [3.8, 4) is 0 Å². The van der Waals surface area contributed by atoms with Crippen molar-refractivity contribution in [1.82, 2.24) is 14.8 Å². The molecule has 1 aliphatic heterocycles. The zero-order chi connectivity index (χ0) is 18.5. The number of unbranched alkanes of at least 4 members (excludes halogenated alkanes) is 3. The summed E-state index contributed by atoms with van der Waals surface area (Å²) >= 11 is 0. The van der Waals surface area contributed by atoms with Crippen LogP contribution >= 0.6 is 0 Å². The molecular weight excluding hydrogens is 330 g/mol. The molecule has 27 heavy (non-hydrogen) atoms. The maximum Gasteiger partial charge on any atom is 0.0458 e. The fraction of sp³-hybridized carbons (Fsp3) is 0.583. The van der Waals surface area contributed by atoms with Gasteiger partial charge in [-0.2, -0.15) is 0 Å². The van der Waals surface area contributed by atoms with Crippen molar-refractivity contribution in [1.29, 1.82) is 0 Å². The fourth-order valence-electron chi connectivity index (χ4n) is 4.76. The predicted molar refractivity (Wildman–Crippen MR) is 116 cm³/mol. The molecule has 1 saturated heterocycles. The Bertz CT molecular complexity index is 719. The molecule has 0 spiro atoms. The number of hydrogen-bond acceptors (Lipinski definition) is 2. The van der Waals surface area contributed by atoms with E-state index >= 15 is 0 Å². The van der Waals surface area contributed by atoms with Crippen molar-refractivity contribution in [2.75, 3.05) is 32.7 Å². The first-order valence-electron chi connectivity index (χ1n) is 11.1. The highest BCUT2D eigenvalue weighted by atomic mass is 15.3. The van der Waals surface area contributed by atoms with Crippen LogP contribution in [0.25, 0.3) is 16.5 Å². The summed E-state index contributed by atoms with van der Waals surface area (Å²) in [5, 5.41) is 1.32. The number of aromatic amines is 1. The van der Waals surface area contributed by atoms with Crippen molar-refractivity contribution >= 4 is 16.5 Å². The Hall–Kier alpha value is -1.58. The summed E-state index contributed by atoms with van der Waals surface area (Å²) in [5.41, 5.74) is 4.09. The normalized spacial score (nSPS) is 22.3. The van der Waals surface area contributed by atoms with Gasteiger partial charge in [-0.05, 0) is 55.3 Å². The molecule has 1 aliphatic carbocycles. The Morgan fingerprint density at radius 1 is 1.04 bits per heavy atom. The van der Waals surface area contributed by atoms with Crippen LogP contribution in [0.3, 0.4) is 0 Å². The van der Waals surface area contributed by atoms with Gasteiger partial charge in [-0.15, -0.1) is 0 Å². The Morgan fingerprint density at radius 3 is 2.63 bits per heavy atom. The van der Waals surface area contributed by atoms with Crippen molar-refractivity contribution in [2.24, 2.45) is 0 Å². The summed E-state index contributed by atoms with van der Waals surface area (Å²) in [6.45, 7) is 8.65. The fourth-order valence-corrected chi connectivity index (χ4v) is 4.76. The number of nitrogens with zero attached hydrogens (tertiary/aromatic N) is 2. The van der Waals surface area contributed by atoms with Crippen LogP contribution in [0.4, 0.5) is 0 Å². The van der Waals surface area contributed by atoms with Crippen LogP contribution in [0.15, 0.2) is 36.4 Å². The number of piperazine rings is 1. The van der Waals surface area contributed by atoms with Gasteiger partial charge in [-0.1, -0.05) is 50.5 Å². The van der Waals surface area contributed by atoms with E-state index in [9.17, 15) is 0 Å². The topological polar surface area (TPSA) is 22.3 Å². The molecular formula is C24H35N3. The molecule has 0 amide bonds. The number of rotatable bonds is 7. The predicted octanol–water partition coefficient (Wildman–Crippen LogP) is 5.30. The lowest BCUT2D eigenvalue weighted by molar-refractivity contribution is 0.0910. The lowest BCUT2D eigenvalue weighted by atomic mass is 9.92. The zero-order valence-corrected chi connectivity index (χ0v) is 16.9. The highest BCUT2D eigenvalue weighted by Gasteiger charge is 2.25. The van der Waals surface area contributed by atoms with Gasteiger partial charge in [0.25, 0.3) is 0 Å². The van der Waals surface area contributed by atoms with Crippen LogP contribution in [0.1, 0.15) is 57.6 Å². The van der Waals surface area contributed by atoms with Crippen molar-refractivity contribution in [3.05, 3.63) is 42.1 Å². The number of nitrogens with one attached hydrogen (secondary N) is 1. The quantitative estimate of drug-likeness (QED) is 0.673. The van der Waals surface area contributed by atoms with Gasteiger partial charge in [0, 0.05) is 43.4 Å². The number of para-hydroxylation sites is 1. The molecule has 0 saturated carbocycles. The highest BCUT2D eigenvalue weighted by molar-refractivity contribution is 5.84. The summed E-state index contributed by atoms with van der Waals surface area (Å²) in [6, 6.07) is 11.7. The van der Waals surface area contributed by atoms with E-state index in [1.54, 1.807) is 0 Å². The first-order chi connectivity index (χ1) is 13.3. The van der Waals surface area contributed by atoms with Crippen molar-refractivity contribution in [3.63, 3.8) is 0 Å². The molecule has 0 bridgehead atoms. The number of H-pyrrole nitrogens is 1. The second-order valence-corrected chi connectivity index (χ2v) is 8.37. The molecule has 3 heteroatoms. The van der Waals surface area contributed by atoms with Gasteiger partial charge >= 0.3 is 0 Å². The van der Waals surface area contributed by atoms with Crippen molar-refractivity contribution in [2.45, 2.75) is 57.9 Å². The number of benzene rings is 1. The summed E-state index contributed by atoms with van der Waals surface area (Å²) in [6.07, 6.45) is 11.7. The first kappa shape index (κ1) is 18.8. The molecule has 2 aromatic rings. The standard InChI is InChI=1S/C24H35N3/c1-2-3-4-7-14-26-15-17-27(18-16-26)22-12-10-20(11-13-22)24-19-21-8-5-6-9-23(21)25-24/h5-6,8-10,19,22,25H,2-4,7,11-18H2,1H3. The molecule has 1 unspecified atom stereocenters. The van der Waals surface area contributed by atoms with Gasteiger partial charge in [0.1, 0.15) is 0 Å². The van der Waals surface area contributed by atoms with E-state index in [1.165, 1.54) is 99.8 Å². The van der Waals surface area contributed by atoms with E-state index in [0.717, 1.165) is 6.04 Å². The molecule has 4 rings (SSSR count). The van der Waals surface area contributed by atoms with Crippen LogP contribution < -0.4 is 0 Å². The zero-order valence-electron chi connectivity index (χ0n) is 16.9. The Labute approximate surface area is 164 Å². The monoisotopic (exact) mass is 365 g/mol. The summed E-state index contributed by atoms with van der Waals surface area (Å²) < 4.78 is 0. The molecule has 1 atom stereocenters. The maximum absolute atomic E-state index is 3.61. The molecule has 2 aliphatic rings. The summed E-state index contributed by atoms with van der Waals surface area (Å²) in [4.78, 5) is 9.04. The molecule has 1 aromatic heterocycles.